The molecule has 0 atom stereocenters. The third-order valence-corrected chi connectivity index (χ3v) is 5.58. The van der Waals surface area contributed by atoms with Crippen LogP contribution in [0.15, 0.2) is 37.6 Å². The minimum absolute atomic E-state index is 0.143. The summed E-state index contributed by atoms with van der Waals surface area (Å²) in [7, 11) is -3.76. The van der Waals surface area contributed by atoms with Gasteiger partial charge in [-0.05, 0) is 12.3 Å². The van der Waals surface area contributed by atoms with E-state index in [1.165, 1.54) is 22.9 Å². The van der Waals surface area contributed by atoms with Crippen LogP contribution in [-0.2, 0) is 14.8 Å². The largest absolute Gasteiger partial charge is 0.450 e. The minimum Gasteiger partial charge on any atom is -0.450 e. The number of thioether (sulfide) groups is 1. The van der Waals surface area contributed by atoms with E-state index >= 15 is 0 Å². The standard InChI is InChI=1S/C12H13N3O4S2/c1-2-19-12(16)15-5-8-7-20-10-3-13-4-11(10)21(17,18)14-9(8)6-15/h3-4,7,13H,2,5-6H2,1H3. The SMILES string of the molecule is CCOC(=O)N1CC2=CSc3c[nH]cc3S(=O)(=O)N=C2C1. The smallest absolute Gasteiger partial charge is 0.410 e. The highest BCUT2D eigenvalue weighted by atomic mass is 32.2. The maximum atomic E-state index is 12.3. The lowest BCUT2D eigenvalue weighted by Crippen LogP contribution is -2.29. The van der Waals surface area contributed by atoms with Crippen LogP contribution in [0.5, 0.6) is 0 Å². The minimum atomic E-state index is -3.76. The summed E-state index contributed by atoms with van der Waals surface area (Å²) in [5.74, 6) is 0. The summed E-state index contributed by atoms with van der Waals surface area (Å²) in [4.78, 5) is 16.7. The molecule has 0 saturated carbocycles. The van der Waals surface area contributed by atoms with Crippen LogP contribution in [0.4, 0.5) is 4.79 Å². The van der Waals surface area contributed by atoms with Crippen LogP contribution in [0.2, 0.25) is 0 Å². The number of carbonyl (C=O) groups is 1. The number of aromatic amines is 1. The molecule has 7 nitrogen and oxygen atoms in total. The number of rotatable bonds is 1. The molecule has 1 amide bonds. The van der Waals surface area contributed by atoms with Crippen molar-refractivity contribution in [1.29, 1.82) is 0 Å². The molecule has 3 heterocycles. The second kappa shape index (κ2) is 5.23. The average molecular weight is 327 g/mol. The predicted octanol–water partition coefficient (Wildman–Crippen LogP) is 1.61. The summed E-state index contributed by atoms with van der Waals surface area (Å²) in [5, 5.41) is 1.83. The fourth-order valence-electron chi connectivity index (χ4n) is 2.13. The number of likely N-dealkylation sites (tertiary alicyclic amines) is 1. The second-order valence-corrected chi connectivity index (χ2v) is 7.00. The number of nitrogens with zero attached hydrogens (tertiary/aromatic N) is 2. The zero-order valence-electron chi connectivity index (χ0n) is 11.2. The zero-order chi connectivity index (χ0) is 15.0. The van der Waals surface area contributed by atoms with E-state index < -0.39 is 16.1 Å². The Balaban J connectivity index is 1.97. The molecule has 1 N–H and O–H groups in total. The Morgan fingerprint density at radius 2 is 2.29 bits per heavy atom. The lowest BCUT2D eigenvalue weighted by atomic mass is 10.2. The molecule has 112 valence electrons. The average Bonchev–Trinajstić information content (AvgIpc) is 3.02. The summed E-state index contributed by atoms with van der Waals surface area (Å²) in [6.45, 7) is 2.45. The molecular weight excluding hydrogens is 314 g/mol. The number of carbonyl (C=O) groups excluding carboxylic acids is 1. The van der Waals surface area contributed by atoms with Gasteiger partial charge in [0.25, 0.3) is 10.0 Å². The Labute approximate surface area is 126 Å². The molecule has 21 heavy (non-hydrogen) atoms. The lowest BCUT2D eigenvalue weighted by molar-refractivity contribution is 0.118. The highest BCUT2D eigenvalue weighted by Gasteiger charge is 2.32. The number of hydrogen-bond donors (Lipinski definition) is 1. The van der Waals surface area contributed by atoms with Gasteiger partial charge in [-0.25, -0.2) is 4.79 Å². The highest BCUT2D eigenvalue weighted by molar-refractivity contribution is 8.03. The van der Waals surface area contributed by atoms with Gasteiger partial charge in [0, 0.05) is 22.9 Å². The first kappa shape index (κ1) is 14.2. The molecule has 0 bridgehead atoms. The van der Waals surface area contributed by atoms with Gasteiger partial charge in [-0.15, -0.1) is 0 Å². The van der Waals surface area contributed by atoms with Gasteiger partial charge in [-0.3, -0.25) is 4.90 Å². The Hall–Kier alpha value is -1.74. The fourth-order valence-corrected chi connectivity index (χ4v) is 4.47. The predicted molar refractivity (Wildman–Crippen MR) is 77.9 cm³/mol. The first-order chi connectivity index (χ1) is 10.0. The van der Waals surface area contributed by atoms with E-state index in [9.17, 15) is 13.2 Å². The van der Waals surface area contributed by atoms with E-state index in [4.69, 9.17) is 4.74 Å². The third-order valence-electron chi connectivity index (χ3n) is 3.11. The van der Waals surface area contributed by atoms with Crippen molar-refractivity contribution in [1.82, 2.24) is 9.88 Å². The van der Waals surface area contributed by atoms with Crippen molar-refractivity contribution in [2.75, 3.05) is 19.7 Å². The first-order valence-electron chi connectivity index (χ1n) is 6.29. The van der Waals surface area contributed by atoms with E-state index in [1.54, 1.807) is 13.1 Å². The van der Waals surface area contributed by atoms with Crippen LogP contribution in [0, 0.1) is 0 Å². The van der Waals surface area contributed by atoms with E-state index in [1.807, 2.05) is 5.41 Å². The number of H-pyrrole nitrogens is 1. The lowest BCUT2D eigenvalue weighted by Gasteiger charge is -2.12. The second-order valence-electron chi connectivity index (χ2n) is 4.51. The molecule has 9 heteroatoms. The summed E-state index contributed by atoms with van der Waals surface area (Å²) >= 11 is 1.30. The molecule has 0 radical (unpaired) electrons. The van der Waals surface area contributed by atoms with Gasteiger partial charge >= 0.3 is 6.09 Å². The van der Waals surface area contributed by atoms with Crippen LogP contribution in [0.3, 0.4) is 0 Å². The van der Waals surface area contributed by atoms with Crippen LogP contribution < -0.4 is 0 Å². The highest BCUT2D eigenvalue weighted by Crippen LogP contribution is 2.33. The van der Waals surface area contributed by atoms with Crippen LogP contribution in [-0.4, -0.2) is 49.8 Å². The third kappa shape index (κ3) is 2.58. The van der Waals surface area contributed by atoms with Crippen molar-refractivity contribution in [2.45, 2.75) is 16.7 Å². The molecule has 1 saturated heterocycles. The number of ether oxygens (including phenoxy) is 1. The Kier molecular flexibility index (Phi) is 3.54. The van der Waals surface area contributed by atoms with Gasteiger partial charge in [-0.1, -0.05) is 11.8 Å². The van der Waals surface area contributed by atoms with Gasteiger partial charge in [-0.2, -0.15) is 12.8 Å². The number of fused-ring (bicyclic) bond motifs is 2. The summed E-state index contributed by atoms with van der Waals surface area (Å²) in [6.07, 6.45) is 2.57. The van der Waals surface area contributed by atoms with Crippen molar-refractivity contribution >= 4 is 33.6 Å². The first-order valence-corrected chi connectivity index (χ1v) is 8.61. The molecule has 1 aromatic rings. The van der Waals surface area contributed by atoms with Crippen molar-refractivity contribution < 1.29 is 17.9 Å². The molecule has 2 aliphatic rings. The van der Waals surface area contributed by atoms with E-state index in [-0.39, 0.29) is 18.0 Å². The van der Waals surface area contributed by atoms with Crippen molar-refractivity contribution in [2.24, 2.45) is 4.40 Å². The van der Waals surface area contributed by atoms with Crippen molar-refractivity contribution in [3.05, 3.63) is 23.4 Å². The van der Waals surface area contributed by atoms with E-state index in [0.29, 0.717) is 17.2 Å². The van der Waals surface area contributed by atoms with E-state index in [2.05, 4.69) is 9.38 Å². The van der Waals surface area contributed by atoms with E-state index in [0.717, 1.165) is 5.57 Å². The Morgan fingerprint density at radius 1 is 1.48 bits per heavy atom. The molecule has 0 aliphatic carbocycles. The fraction of sp³-hybridized carbons (Fsp3) is 0.333. The van der Waals surface area contributed by atoms with Gasteiger partial charge < -0.3 is 9.72 Å². The molecule has 1 aromatic heterocycles. The molecule has 2 aliphatic heterocycles. The Bertz CT molecular complexity index is 748. The van der Waals surface area contributed by atoms with Gasteiger partial charge in [0.05, 0.1) is 25.4 Å². The monoisotopic (exact) mass is 327 g/mol. The van der Waals surface area contributed by atoms with Gasteiger partial charge in [0.1, 0.15) is 4.90 Å². The summed E-state index contributed by atoms with van der Waals surface area (Å²) < 4.78 is 33.3. The van der Waals surface area contributed by atoms with Gasteiger partial charge in [0.2, 0.25) is 0 Å². The molecule has 0 spiro atoms. The summed E-state index contributed by atoms with van der Waals surface area (Å²) in [6, 6.07) is 0. The number of sulfonamides is 1. The quantitative estimate of drug-likeness (QED) is 0.846. The number of aromatic nitrogens is 1. The molecule has 3 rings (SSSR count). The number of amides is 1. The number of hydrogen-bond acceptors (Lipinski definition) is 5. The van der Waals surface area contributed by atoms with Crippen molar-refractivity contribution in [3.63, 3.8) is 0 Å². The number of nitrogens with one attached hydrogen (secondary N) is 1. The normalized spacial score (nSPS) is 19.8. The molecular formula is C12H13N3O4S2. The summed E-state index contributed by atoms with van der Waals surface area (Å²) in [5.41, 5.74) is 1.12. The zero-order valence-corrected chi connectivity index (χ0v) is 12.8. The Morgan fingerprint density at radius 3 is 3.05 bits per heavy atom. The molecule has 1 fully saturated rings. The van der Waals surface area contributed by atoms with Crippen LogP contribution in [0.1, 0.15) is 6.92 Å². The van der Waals surface area contributed by atoms with Crippen LogP contribution in [0.25, 0.3) is 0 Å². The topological polar surface area (TPSA) is 91.8 Å². The van der Waals surface area contributed by atoms with Crippen molar-refractivity contribution in [3.8, 4) is 0 Å². The van der Waals surface area contributed by atoms with Gasteiger partial charge in [0.15, 0.2) is 0 Å². The van der Waals surface area contributed by atoms with Crippen LogP contribution >= 0.6 is 11.8 Å². The maximum absolute atomic E-state index is 12.3. The molecule has 0 unspecified atom stereocenters. The molecule has 0 aromatic carbocycles. The maximum Gasteiger partial charge on any atom is 0.410 e.